The van der Waals surface area contributed by atoms with Gasteiger partial charge in [0.1, 0.15) is 10.6 Å². The number of nitrogens with zero attached hydrogens (tertiary/aromatic N) is 2. The summed E-state index contributed by atoms with van der Waals surface area (Å²) in [4.78, 5) is 14.0. The van der Waals surface area contributed by atoms with Gasteiger partial charge in [0.25, 0.3) is 0 Å². The monoisotopic (exact) mass is 394 g/mol. The van der Waals surface area contributed by atoms with Gasteiger partial charge in [0.15, 0.2) is 11.5 Å². The minimum absolute atomic E-state index is 0.00341. The van der Waals surface area contributed by atoms with Gasteiger partial charge >= 0.3 is 0 Å². The van der Waals surface area contributed by atoms with Crippen LogP contribution < -0.4 is 0 Å². The van der Waals surface area contributed by atoms with Crippen LogP contribution in [0.3, 0.4) is 0 Å². The van der Waals surface area contributed by atoms with Crippen LogP contribution in [0.2, 0.25) is 0 Å². The highest BCUT2D eigenvalue weighted by atomic mass is 32.2. The molecule has 1 aliphatic heterocycles. The third kappa shape index (κ3) is 3.58. The lowest BCUT2D eigenvalue weighted by Gasteiger charge is -2.31. The molecule has 8 heteroatoms. The molecule has 0 saturated carbocycles. The third-order valence-corrected chi connectivity index (χ3v) is 7.55. The second kappa shape index (κ2) is 7.54. The summed E-state index contributed by atoms with van der Waals surface area (Å²) in [6.07, 6.45) is 3.33. The van der Waals surface area contributed by atoms with Crippen LogP contribution in [0.5, 0.6) is 0 Å². The molecule has 0 radical (unpaired) electrons. The zero-order chi connectivity index (χ0) is 18.9. The van der Waals surface area contributed by atoms with E-state index in [0.717, 1.165) is 4.90 Å². The van der Waals surface area contributed by atoms with Gasteiger partial charge in [0.2, 0.25) is 10.0 Å². The van der Waals surface area contributed by atoms with Crippen molar-refractivity contribution in [3.63, 3.8) is 0 Å². The molecular weight excluding hydrogens is 372 g/mol. The molecule has 1 aromatic carbocycles. The first kappa shape index (κ1) is 19.1. The molecule has 1 saturated heterocycles. The zero-order valence-electron chi connectivity index (χ0n) is 15.1. The first-order valence-electron chi connectivity index (χ1n) is 8.46. The van der Waals surface area contributed by atoms with Crippen molar-refractivity contribution in [2.45, 2.75) is 36.5 Å². The molecular formula is C18H22N2O4S2. The van der Waals surface area contributed by atoms with E-state index in [4.69, 9.17) is 4.52 Å². The van der Waals surface area contributed by atoms with Crippen LogP contribution in [0.4, 0.5) is 0 Å². The molecule has 1 atom stereocenters. The fourth-order valence-corrected chi connectivity index (χ4v) is 5.56. The molecule has 0 unspecified atom stereocenters. The summed E-state index contributed by atoms with van der Waals surface area (Å²) in [6.45, 7) is 3.80. The van der Waals surface area contributed by atoms with Crippen molar-refractivity contribution in [3.8, 4) is 0 Å². The maximum absolute atomic E-state index is 13.0. The van der Waals surface area contributed by atoms with E-state index in [-0.39, 0.29) is 28.9 Å². The summed E-state index contributed by atoms with van der Waals surface area (Å²) >= 11 is 1.62. The number of ketones is 1. The van der Waals surface area contributed by atoms with E-state index in [1.54, 1.807) is 25.6 Å². The van der Waals surface area contributed by atoms with Crippen molar-refractivity contribution in [1.29, 1.82) is 0 Å². The fraction of sp³-hybridized carbons (Fsp3) is 0.444. The topological polar surface area (TPSA) is 80.5 Å². The molecule has 1 aliphatic rings. The Kier molecular flexibility index (Phi) is 5.55. The number of aromatic nitrogens is 1. The molecule has 140 valence electrons. The smallest absolute Gasteiger partial charge is 0.248 e. The Morgan fingerprint density at radius 3 is 2.54 bits per heavy atom. The summed E-state index contributed by atoms with van der Waals surface area (Å²) in [6, 6.07) is 7.46. The van der Waals surface area contributed by atoms with Crippen LogP contribution in [-0.2, 0) is 10.0 Å². The van der Waals surface area contributed by atoms with Gasteiger partial charge in [-0.25, -0.2) is 8.42 Å². The average Bonchev–Trinajstić information content (AvgIpc) is 3.00. The van der Waals surface area contributed by atoms with Crippen molar-refractivity contribution in [2.75, 3.05) is 19.3 Å². The van der Waals surface area contributed by atoms with Crippen molar-refractivity contribution < 1.29 is 17.7 Å². The van der Waals surface area contributed by atoms with Crippen molar-refractivity contribution in [2.24, 2.45) is 5.92 Å². The van der Waals surface area contributed by atoms with Crippen LogP contribution in [-0.4, -0.2) is 43.0 Å². The third-order valence-electron chi connectivity index (χ3n) is 4.70. The van der Waals surface area contributed by atoms with E-state index < -0.39 is 10.0 Å². The summed E-state index contributed by atoms with van der Waals surface area (Å²) in [5.41, 5.74) is 0.980. The van der Waals surface area contributed by atoms with E-state index in [0.29, 0.717) is 30.6 Å². The molecule has 6 nitrogen and oxygen atoms in total. The highest BCUT2D eigenvalue weighted by Crippen LogP contribution is 2.29. The lowest BCUT2D eigenvalue weighted by molar-refractivity contribution is 0.0872. The number of thioether (sulfide) groups is 1. The van der Waals surface area contributed by atoms with Crippen molar-refractivity contribution in [3.05, 3.63) is 41.3 Å². The second-order valence-corrected chi connectivity index (χ2v) is 9.20. The molecule has 1 aromatic heterocycles. The lowest BCUT2D eigenvalue weighted by Crippen LogP contribution is -2.42. The molecule has 26 heavy (non-hydrogen) atoms. The maximum Gasteiger partial charge on any atom is 0.248 e. The summed E-state index contributed by atoms with van der Waals surface area (Å²) < 4.78 is 32.4. The number of sulfonamides is 1. The van der Waals surface area contributed by atoms with Crippen LogP contribution in [0.1, 0.15) is 34.7 Å². The second-order valence-electron chi connectivity index (χ2n) is 6.45. The zero-order valence-corrected chi connectivity index (χ0v) is 16.7. The Bertz CT molecular complexity index is 884. The largest absolute Gasteiger partial charge is 0.360 e. The van der Waals surface area contributed by atoms with Crippen molar-refractivity contribution in [1.82, 2.24) is 9.46 Å². The van der Waals surface area contributed by atoms with Gasteiger partial charge < -0.3 is 4.52 Å². The standard InChI is InChI=1S/C18H22N2O4S2/c1-12-18(13(2)24-19-12)26(22,23)20-10-4-5-15(11-20)17(21)14-6-8-16(25-3)9-7-14/h6-9,15H,4-5,10-11H2,1-3H3/t15-/m0/s1. The molecule has 1 fully saturated rings. The van der Waals surface area contributed by atoms with Crippen LogP contribution in [0, 0.1) is 19.8 Å². The highest BCUT2D eigenvalue weighted by molar-refractivity contribution is 7.98. The number of carbonyl (C=O) groups is 1. The Labute approximate surface area is 158 Å². The first-order chi connectivity index (χ1) is 12.3. The van der Waals surface area contributed by atoms with Gasteiger partial charge in [-0.05, 0) is 45.1 Å². The number of hydrogen-bond donors (Lipinski definition) is 0. The fourth-order valence-electron chi connectivity index (χ4n) is 3.34. The Morgan fingerprint density at radius 1 is 1.27 bits per heavy atom. The predicted octanol–water partition coefficient (Wildman–Crippen LogP) is 3.30. The number of Topliss-reactive ketones (excluding diaryl/α,β-unsaturated/α-hetero) is 1. The molecule has 0 spiro atoms. The van der Waals surface area contributed by atoms with Gasteiger partial charge in [-0.2, -0.15) is 4.31 Å². The number of carbonyl (C=O) groups excluding carboxylic acids is 1. The molecule has 2 aromatic rings. The number of piperidine rings is 1. The van der Waals surface area contributed by atoms with Gasteiger partial charge in [-0.15, -0.1) is 11.8 Å². The summed E-state index contributed by atoms with van der Waals surface area (Å²) in [5.74, 6) is -0.0564. The van der Waals surface area contributed by atoms with Crippen molar-refractivity contribution >= 4 is 27.6 Å². The Balaban J connectivity index is 1.81. The van der Waals surface area contributed by atoms with Gasteiger partial charge in [0.05, 0.1) is 0 Å². The van der Waals surface area contributed by atoms with Crippen LogP contribution in [0.15, 0.2) is 38.6 Å². The Morgan fingerprint density at radius 2 is 1.96 bits per heavy atom. The molecule has 0 aliphatic carbocycles. The van der Waals surface area contributed by atoms with E-state index in [2.05, 4.69) is 5.16 Å². The van der Waals surface area contributed by atoms with E-state index in [1.165, 1.54) is 4.31 Å². The number of rotatable bonds is 5. The predicted molar refractivity (Wildman–Crippen MR) is 100 cm³/mol. The minimum atomic E-state index is -3.72. The van der Waals surface area contributed by atoms with Gasteiger partial charge in [-0.3, -0.25) is 4.79 Å². The maximum atomic E-state index is 13.0. The molecule has 0 N–H and O–H groups in total. The normalized spacial score (nSPS) is 18.8. The van der Waals surface area contributed by atoms with Gasteiger partial charge in [-0.1, -0.05) is 17.3 Å². The van der Waals surface area contributed by atoms with Crippen LogP contribution in [0.25, 0.3) is 0 Å². The quantitative estimate of drug-likeness (QED) is 0.572. The Hall–Kier alpha value is -1.64. The van der Waals surface area contributed by atoms with E-state index in [1.807, 2.05) is 30.5 Å². The van der Waals surface area contributed by atoms with E-state index >= 15 is 0 Å². The number of aryl methyl sites for hydroxylation is 2. The lowest BCUT2D eigenvalue weighted by atomic mass is 9.91. The summed E-state index contributed by atoms with van der Waals surface area (Å²) in [7, 11) is -3.72. The highest BCUT2D eigenvalue weighted by Gasteiger charge is 2.36. The molecule has 0 bridgehead atoms. The van der Waals surface area contributed by atoms with Gasteiger partial charge in [0, 0.05) is 29.5 Å². The number of hydrogen-bond acceptors (Lipinski definition) is 6. The molecule has 3 rings (SSSR count). The molecule has 0 amide bonds. The summed E-state index contributed by atoms with van der Waals surface area (Å²) in [5, 5.41) is 3.75. The average molecular weight is 395 g/mol. The SMILES string of the molecule is CSc1ccc(C(=O)[C@H]2CCCN(S(=O)(=O)c3c(C)noc3C)C2)cc1. The first-order valence-corrected chi connectivity index (χ1v) is 11.1. The number of benzene rings is 1. The van der Waals surface area contributed by atoms with Crippen LogP contribution >= 0.6 is 11.8 Å². The molecule has 2 heterocycles. The van der Waals surface area contributed by atoms with E-state index in [9.17, 15) is 13.2 Å². The minimum Gasteiger partial charge on any atom is -0.360 e.